The van der Waals surface area contributed by atoms with Crippen molar-refractivity contribution in [3.8, 4) is 0 Å². The van der Waals surface area contributed by atoms with Crippen LogP contribution in [0.4, 0.5) is 54.8 Å². The smallest absolute Gasteiger partial charge is 0.416 e. The van der Waals surface area contributed by atoms with Gasteiger partial charge in [-0.05, 0) is 55.7 Å². The monoisotopic (exact) mass is 628 g/mol. The predicted molar refractivity (Wildman–Crippen MR) is 136 cm³/mol. The van der Waals surface area contributed by atoms with Gasteiger partial charge in [0.05, 0.1) is 42.1 Å². The molecule has 3 atom stereocenters. The standard InChI is InChI=1S/C28H29F9N2O4/c1-5-8-21-22(28(35,36)37)23(19-9-6-7-10-20(19)39(21)25(41)43-15(2)3)38(24(40)42-4)14-16-11-17(26(29,30)31)13-18(12-16)27(32,33)34/h6-7,9-13,15,21-23H,5,8,14H2,1-4H3/t21-,22+,23?/m1/s1. The molecule has 1 heterocycles. The molecule has 0 saturated heterocycles. The first-order chi connectivity index (χ1) is 19.8. The van der Waals surface area contributed by atoms with Crippen molar-refractivity contribution < 1.29 is 58.6 Å². The Bertz CT molecular complexity index is 1280. The van der Waals surface area contributed by atoms with Crippen LogP contribution in [0.1, 0.15) is 61.9 Å². The van der Waals surface area contributed by atoms with Crippen LogP contribution in [0.25, 0.3) is 0 Å². The van der Waals surface area contributed by atoms with Crippen molar-refractivity contribution in [1.82, 2.24) is 4.90 Å². The number of carbonyl (C=O) groups is 2. The van der Waals surface area contributed by atoms with Crippen molar-refractivity contribution in [2.45, 2.75) is 76.9 Å². The number of alkyl halides is 9. The van der Waals surface area contributed by atoms with Crippen LogP contribution in [0.3, 0.4) is 0 Å². The Morgan fingerprint density at radius 1 is 0.930 bits per heavy atom. The lowest BCUT2D eigenvalue weighted by Crippen LogP contribution is -2.58. The van der Waals surface area contributed by atoms with E-state index in [1.807, 2.05) is 0 Å². The number of amides is 2. The van der Waals surface area contributed by atoms with E-state index < -0.39 is 78.1 Å². The summed E-state index contributed by atoms with van der Waals surface area (Å²) in [6.07, 6.45) is -18.9. The number of benzene rings is 2. The van der Waals surface area contributed by atoms with Gasteiger partial charge in [-0.15, -0.1) is 0 Å². The highest BCUT2D eigenvalue weighted by Gasteiger charge is 2.58. The minimum atomic E-state index is -5.23. The van der Waals surface area contributed by atoms with Crippen molar-refractivity contribution in [2.75, 3.05) is 12.0 Å². The second-order valence-electron chi connectivity index (χ2n) is 10.2. The summed E-state index contributed by atoms with van der Waals surface area (Å²) in [5, 5.41) is 0. The van der Waals surface area contributed by atoms with Crippen molar-refractivity contribution in [3.05, 3.63) is 64.7 Å². The summed E-state index contributed by atoms with van der Waals surface area (Å²) < 4.78 is 136. The van der Waals surface area contributed by atoms with Crippen LogP contribution in [0.5, 0.6) is 0 Å². The first kappa shape index (κ1) is 33.8. The Balaban J connectivity index is 2.31. The molecule has 0 radical (unpaired) electrons. The van der Waals surface area contributed by atoms with Gasteiger partial charge in [0.15, 0.2) is 0 Å². The number of hydrogen-bond donors (Lipinski definition) is 0. The first-order valence-electron chi connectivity index (χ1n) is 13.1. The zero-order chi connectivity index (χ0) is 32.5. The third-order valence-corrected chi connectivity index (χ3v) is 6.84. The topological polar surface area (TPSA) is 59.1 Å². The van der Waals surface area contributed by atoms with Gasteiger partial charge in [-0.3, -0.25) is 9.80 Å². The molecule has 1 unspecified atom stereocenters. The fraction of sp³-hybridized carbons (Fsp3) is 0.500. The quantitative estimate of drug-likeness (QED) is 0.300. The number of anilines is 1. The molecule has 6 nitrogen and oxygen atoms in total. The van der Waals surface area contributed by atoms with Crippen LogP contribution in [-0.4, -0.2) is 42.5 Å². The molecule has 15 heteroatoms. The molecule has 2 aromatic rings. The van der Waals surface area contributed by atoms with Crippen molar-refractivity contribution in [2.24, 2.45) is 5.92 Å². The Kier molecular flexibility index (Phi) is 9.86. The second-order valence-corrected chi connectivity index (χ2v) is 10.2. The minimum Gasteiger partial charge on any atom is -0.453 e. The Morgan fingerprint density at radius 2 is 1.49 bits per heavy atom. The van der Waals surface area contributed by atoms with E-state index in [0.29, 0.717) is 17.0 Å². The SMILES string of the molecule is CCC[C@@H]1[C@H](C(F)(F)F)C(N(Cc2cc(C(F)(F)F)cc(C(F)(F)F)c2)C(=O)OC)c2ccccc2N1C(=O)OC(C)C. The Morgan fingerprint density at radius 3 is 1.95 bits per heavy atom. The lowest BCUT2D eigenvalue weighted by molar-refractivity contribution is -0.199. The molecule has 3 rings (SSSR count). The number of rotatable bonds is 6. The van der Waals surface area contributed by atoms with E-state index in [1.165, 1.54) is 38.1 Å². The third kappa shape index (κ3) is 7.47. The minimum absolute atomic E-state index is 0.0639. The molecule has 0 aliphatic carbocycles. The second kappa shape index (κ2) is 12.5. The molecular weight excluding hydrogens is 599 g/mol. The van der Waals surface area contributed by atoms with E-state index in [2.05, 4.69) is 0 Å². The fourth-order valence-electron chi connectivity index (χ4n) is 5.26. The number of hydrogen-bond acceptors (Lipinski definition) is 4. The van der Waals surface area contributed by atoms with E-state index in [4.69, 9.17) is 9.47 Å². The molecule has 0 spiro atoms. The van der Waals surface area contributed by atoms with Gasteiger partial charge in [-0.25, -0.2) is 9.59 Å². The number of fused-ring (bicyclic) bond motifs is 1. The van der Waals surface area contributed by atoms with Crippen LogP contribution in [0.15, 0.2) is 42.5 Å². The van der Waals surface area contributed by atoms with E-state index >= 15 is 13.2 Å². The summed E-state index contributed by atoms with van der Waals surface area (Å²) in [6, 6.07) is 2.13. The van der Waals surface area contributed by atoms with E-state index in [1.54, 1.807) is 6.92 Å². The molecule has 0 N–H and O–H groups in total. The van der Waals surface area contributed by atoms with Crippen molar-refractivity contribution >= 4 is 17.9 Å². The highest BCUT2D eigenvalue weighted by molar-refractivity contribution is 5.91. The Labute approximate surface area is 241 Å². The number of carbonyl (C=O) groups excluding carboxylic acids is 2. The van der Waals surface area contributed by atoms with Gasteiger partial charge in [-0.1, -0.05) is 31.5 Å². The van der Waals surface area contributed by atoms with Crippen LogP contribution in [0, 0.1) is 5.92 Å². The number of methoxy groups -OCH3 is 1. The lowest BCUT2D eigenvalue weighted by atomic mass is 9.78. The van der Waals surface area contributed by atoms with Gasteiger partial charge in [0.25, 0.3) is 0 Å². The van der Waals surface area contributed by atoms with Crippen molar-refractivity contribution in [3.63, 3.8) is 0 Å². The average Bonchev–Trinajstić information content (AvgIpc) is 2.88. The maximum atomic E-state index is 15.0. The highest BCUT2D eigenvalue weighted by Crippen LogP contribution is 2.52. The Hall–Kier alpha value is -3.65. The number of ether oxygens (including phenoxy) is 2. The fourth-order valence-corrected chi connectivity index (χ4v) is 5.26. The predicted octanol–water partition coefficient (Wildman–Crippen LogP) is 8.75. The summed E-state index contributed by atoms with van der Waals surface area (Å²) in [4.78, 5) is 27.5. The number of para-hydroxylation sites is 1. The van der Waals surface area contributed by atoms with Gasteiger partial charge in [0.2, 0.25) is 0 Å². The molecule has 1 aliphatic rings. The lowest BCUT2D eigenvalue weighted by Gasteiger charge is -2.49. The van der Waals surface area contributed by atoms with E-state index in [0.717, 1.165) is 12.0 Å². The van der Waals surface area contributed by atoms with Crippen LogP contribution in [-0.2, 0) is 28.4 Å². The van der Waals surface area contributed by atoms with Gasteiger partial charge in [0, 0.05) is 6.54 Å². The maximum Gasteiger partial charge on any atom is 0.416 e. The molecule has 2 aromatic carbocycles. The third-order valence-electron chi connectivity index (χ3n) is 6.84. The number of halogens is 9. The van der Waals surface area contributed by atoms with Gasteiger partial charge < -0.3 is 9.47 Å². The number of nitrogens with zero attached hydrogens (tertiary/aromatic N) is 2. The van der Waals surface area contributed by atoms with Gasteiger partial charge in [0.1, 0.15) is 5.92 Å². The van der Waals surface area contributed by atoms with Gasteiger partial charge >= 0.3 is 30.7 Å². The molecule has 238 valence electrons. The molecule has 0 bridgehead atoms. The zero-order valence-electron chi connectivity index (χ0n) is 23.4. The molecular formula is C28H29F9N2O4. The first-order valence-corrected chi connectivity index (χ1v) is 13.1. The van der Waals surface area contributed by atoms with Gasteiger partial charge in [-0.2, -0.15) is 39.5 Å². The molecule has 2 amide bonds. The summed E-state index contributed by atoms with van der Waals surface area (Å²) in [5.74, 6) is -2.53. The molecule has 43 heavy (non-hydrogen) atoms. The maximum absolute atomic E-state index is 15.0. The summed E-state index contributed by atoms with van der Waals surface area (Å²) in [6.45, 7) is 3.45. The zero-order valence-corrected chi connectivity index (χ0v) is 23.4. The molecule has 1 aliphatic heterocycles. The summed E-state index contributed by atoms with van der Waals surface area (Å²) >= 11 is 0. The highest BCUT2D eigenvalue weighted by atomic mass is 19.4. The van der Waals surface area contributed by atoms with Crippen LogP contribution < -0.4 is 4.90 Å². The normalized spacial score (nSPS) is 19.2. The molecule has 0 fully saturated rings. The van der Waals surface area contributed by atoms with E-state index in [9.17, 15) is 35.9 Å². The van der Waals surface area contributed by atoms with E-state index in [-0.39, 0.29) is 30.2 Å². The summed E-state index contributed by atoms with van der Waals surface area (Å²) in [7, 11) is 0.815. The summed E-state index contributed by atoms with van der Waals surface area (Å²) in [5.41, 5.74) is -4.44. The largest absolute Gasteiger partial charge is 0.453 e. The van der Waals surface area contributed by atoms with Crippen LogP contribution in [0.2, 0.25) is 0 Å². The molecule has 0 saturated carbocycles. The molecule has 0 aromatic heterocycles. The average molecular weight is 629 g/mol. The van der Waals surface area contributed by atoms with Crippen molar-refractivity contribution in [1.29, 1.82) is 0 Å². The van der Waals surface area contributed by atoms with Crippen LogP contribution >= 0.6 is 0 Å².